The molecule has 5 heteroatoms. The number of amides is 1. The first-order valence-electron chi connectivity index (χ1n) is 8.40. The molecule has 1 aliphatic rings. The van der Waals surface area contributed by atoms with Gasteiger partial charge in [-0.1, -0.05) is 29.3 Å². The predicted molar refractivity (Wildman–Crippen MR) is 90.7 cm³/mol. The fourth-order valence-corrected chi connectivity index (χ4v) is 3.62. The summed E-state index contributed by atoms with van der Waals surface area (Å²) < 4.78 is 0. The summed E-state index contributed by atoms with van der Waals surface area (Å²) in [6, 6.07) is 6.23. The molecule has 0 saturated carbocycles. The molecular formula is C18H28N2O3. The molecule has 23 heavy (non-hydrogen) atoms. The number of carboxylic acid groups (broad SMARTS) is 1. The molecular weight excluding hydrogens is 292 g/mol. The second kappa shape index (κ2) is 7.79. The predicted octanol–water partition coefficient (Wildman–Crippen LogP) is 2.54. The van der Waals surface area contributed by atoms with Gasteiger partial charge in [0.25, 0.3) is 0 Å². The summed E-state index contributed by atoms with van der Waals surface area (Å²) in [7, 11) is 0. The van der Waals surface area contributed by atoms with Gasteiger partial charge < -0.3 is 20.8 Å². The van der Waals surface area contributed by atoms with Crippen molar-refractivity contribution in [3.8, 4) is 0 Å². The summed E-state index contributed by atoms with van der Waals surface area (Å²) in [6.07, 6.45) is 2.21. The Bertz CT molecular complexity index is 521. The molecule has 0 bridgehead atoms. The average Bonchev–Trinajstić information content (AvgIpc) is 2.51. The van der Waals surface area contributed by atoms with Gasteiger partial charge in [-0.3, -0.25) is 0 Å². The minimum Gasteiger partial charge on any atom is -0.465 e. The normalized spacial score (nSPS) is 20.7. The minimum absolute atomic E-state index is 0.155. The first-order valence-corrected chi connectivity index (χ1v) is 8.40. The summed E-state index contributed by atoms with van der Waals surface area (Å²) in [6.45, 7) is 6.25. The fraction of sp³-hybridized carbons (Fsp3) is 0.611. The number of hydrogen-bond acceptors (Lipinski definition) is 3. The highest BCUT2D eigenvalue weighted by Gasteiger charge is 2.38. The fourth-order valence-electron chi connectivity index (χ4n) is 3.62. The van der Waals surface area contributed by atoms with E-state index in [9.17, 15) is 9.90 Å². The first kappa shape index (κ1) is 17.8. The third-order valence-corrected chi connectivity index (χ3v) is 4.70. The van der Waals surface area contributed by atoms with Crippen molar-refractivity contribution in [2.45, 2.75) is 45.1 Å². The van der Waals surface area contributed by atoms with Crippen LogP contribution in [0.4, 0.5) is 4.79 Å². The van der Waals surface area contributed by atoms with Gasteiger partial charge in [0, 0.05) is 19.0 Å². The lowest BCUT2D eigenvalue weighted by Crippen LogP contribution is -2.44. The molecule has 4 N–H and O–H groups in total. The molecule has 1 amide bonds. The van der Waals surface area contributed by atoms with Gasteiger partial charge in [-0.15, -0.1) is 0 Å². The van der Waals surface area contributed by atoms with E-state index >= 15 is 0 Å². The van der Waals surface area contributed by atoms with Gasteiger partial charge in [-0.25, -0.2) is 4.79 Å². The summed E-state index contributed by atoms with van der Waals surface area (Å²) in [5, 5.41) is 26.0. The highest BCUT2D eigenvalue weighted by atomic mass is 16.4. The highest BCUT2D eigenvalue weighted by Crippen LogP contribution is 2.38. The molecule has 0 aromatic heterocycles. The zero-order valence-electron chi connectivity index (χ0n) is 14.1. The largest absolute Gasteiger partial charge is 0.465 e. The third kappa shape index (κ3) is 4.69. The molecule has 1 aliphatic heterocycles. The molecule has 1 aromatic rings. The molecule has 128 valence electrons. The Morgan fingerprint density at radius 3 is 2.61 bits per heavy atom. The van der Waals surface area contributed by atoms with Gasteiger partial charge in [0.05, 0.1) is 5.60 Å². The van der Waals surface area contributed by atoms with E-state index in [0.29, 0.717) is 19.4 Å². The molecule has 2 atom stereocenters. The van der Waals surface area contributed by atoms with Gasteiger partial charge in [-0.2, -0.15) is 0 Å². The zero-order valence-corrected chi connectivity index (χ0v) is 14.1. The number of aliphatic hydroxyl groups is 1. The Balaban J connectivity index is 2.20. The highest BCUT2D eigenvalue weighted by molar-refractivity contribution is 5.64. The van der Waals surface area contributed by atoms with Crippen LogP contribution in [0.5, 0.6) is 0 Å². The zero-order chi connectivity index (χ0) is 16.9. The van der Waals surface area contributed by atoms with Crippen molar-refractivity contribution >= 4 is 6.09 Å². The average molecular weight is 320 g/mol. The van der Waals surface area contributed by atoms with Crippen molar-refractivity contribution in [1.29, 1.82) is 0 Å². The molecule has 1 aromatic carbocycles. The summed E-state index contributed by atoms with van der Waals surface area (Å²) in [5.41, 5.74) is 2.33. The summed E-state index contributed by atoms with van der Waals surface area (Å²) >= 11 is 0. The van der Waals surface area contributed by atoms with Crippen LogP contribution in [-0.2, 0) is 5.60 Å². The van der Waals surface area contributed by atoms with Crippen LogP contribution in [0.3, 0.4) is 0 Å². The molecule has 0 spiro atoms. The number of nitrogens with one attached hydrogen (secondary N) is 2. The van der Waals surface area contributed by atoms with Gasteiger partial charge in [0.15, 0.2) is 0 Å². The monoisotopic (exact) mass is 320 g/mol. The van der Waals surface area contributed by atoms with Crippen molar-refractivity contribution in [1.82, 2.24) is 10.6 Å². The summed E-state index contributed by atoms with van der Waals surface area (Å²) in [5.74, 6) is 0.155. The number of rotatable bonds is 6. The SMILES string of the molecule is Cc1cc(C)cc([C@](O)(CCCNC(=O)O)[C@@H]2CCCNC2)c1. The van der Waals surface area contributed by atoms with E-state index in [-0.39, 0.29) is 5.92 Å². The topological polar surface area (TPSA) is 81.6 Å². The van der Waals surface area contributed by atoms with Gasteiger partial charge in [0.2, 0.25) is 0 Å². The van der Waals surface area contributed by atoms with Crippen molar-refractivity contribution in [2.75, 3.05) is 19.6 Å². The van der Waals surface area contributed by atoms with Crippen LogP contribution in [0.15, 0.2) is 18.2 Å². The standard InChI is InChI=1S/C18H28N2O3/c1-13-9-14(2)11-16(10-13)18(23,6-4-8-20-17(21)22)15-5-3-7-19-12-15/h9-11,15,19-20,23H,3-8,12H2,1-2H3,(H,21,22)/t15-,18+/m1/s1. The summed E-state index contributed by atoms with van der Waals surface area (Å²) in [4.78, 5) is 10.6. The molecule has 1 fully saturated rings. The van der Waals surface area contributed by atoms with E-state index < -0.39 is 11.7 Å². The van der Waals surface area contributed by atoms with E-state index in [4.69, 9.17) is 5.11 Å². The van der Waals surface area contributed by atoms with Crippen molar-refractivity contribution < 1.29 is 15.0 Å². The number of piperidine rings is 1. The number of hydrogen-bond donors (Lipinski definition) is 4. The Morgan fingerprint density at radius 1 is 1.35 bits per heavy atom. The maximum atomic E-state index is 11.5. The number of aryl methyl sites for hydroxylation is 2. The van der Waals surface area contributed by atoms with E-state index in [2.05, 4.69) is 28.8 Å². The smallest absolute Gasteiger partial charge is 0.404 e. The third-order valence-electron chi connectivity index (χ3n) is 4.70. The van der Waals surface area contributed by atoms with Crippen LogP contribution in [0.25, 0.3) is 0 Å². The van der Waals surface area contributed by atoms with Gasteiger partial charge in [-0.05, 0) is 51.6 Å². The molecule has 2 rings (SSSR count). The minimum atomic E-state index is -1.01. The molecule has 1 heterocycles. The number of carbonyl (C=O) groups is 1. The Kier molecular flexibility index (Phi) is 6.02. The Morgan fingerprint density at radius 2 is 2.04 bits per heavy atom. The Hall–Kier alpha value is -1.59. The van der Waals surface area contributed by atoms with Crippen molar-refractivity contribution in [2.24, 2.45) is 5.92 Å². The molecule has 5 nitrogen and oxygen atoms in total. The quantitative estimate of drug-likeness (QED) is 0.607. The van der Waals surface area contributed by atoms with Gasteiger partial charge >= 0.3 is 6.09 Å². The van der Waals surface area contributed by atoms with E-state index in [1.807, 2.05) is 13.8 Å². The lowest BCUT2D eigenvalue weighted by molar-refractivity contribution is -0.0421. The number of benzene rings is 1. The molecule has 0 radical (unpaired) electrons. The van der Waals surface area contributed by atoms with Crippen LogP contribution in [-0.4, -0.2) is 35.9 Å². The second-order valence-corrected chi connectivity index (χ2v) is 6.68. The molecule has 0 aliphatic carbocycles. The van der Waals surface area contributed by atoms with Crippen LogP contribution in [0.2, 0.25) is 0 Å². The maximum absolute atomic E-state index is 11.5. The lowest BCUT2D eigenvalue weighted by atomic mass is 9.74. The maximum Gasteiger partial charge on any atom is 0.404 e. The first-order chi connectivity index (χ1) is 10.9. The van der Waals surface area contributed by atoms with Crippen LogP contribution in [0.1, 0.15) is 42.4 Å². The van der Waals surface area contributed by atoms with Crippen LogP contribution in [0, 0.1) is 19.8 Å². The Labute approximate surface area is 138 Å². The lowest BCUT2D eigenvalue weighted by Gasteiger charge is -2.40. The second-order valence-electron chi connectivity index (χ2n) is 6.68. The van der Waals surface area contributed by atoms with E-state index in [0.717, 1.165) is 42.6 Å². The van der Waals surface area contributed by atoms with Crippen molar-refractivity contribution in [3.05, 3.63) is 34.9 Å². The van der Waals surface area contributed by atoms with Crippen LogP contribution >= 0.6 is 0 Å². The molecule has 1 saturated heterocycles. The van der Waals surface area contributed by atoms with Crippen LogP contribution < -0.4 is 10.6 Å². The van der Waals surface area contributed by atoms with Gasteiger partial charge in [0.1, 0.15) is 0 Å². The van der Waals surface area contributed by atoms with E-state index in [1.165, 1.54) is 0 Å². The molecule has 0 unspecified atom stereocenters. The van der Waals surface area contributed by atoms with E-state index in [1.54, 1.807) is 0 Å². The van der Waals surface area contributed by atoms with Crippen molar-refractivity contribution in [3.63, 3.8) is 0 Å².